The Hall–Kier alpha value is -1.63. The molecule has 112 valence electrons. The molecule has 0 unspecified atom stereocenters. The molecule has 0 aromatic heterocycles. The van der Waals surface area contributed by atoms with Crippen LogP contribution in [0.15, 0.2) is 18.2 Å². The number of aliphatic hydroxyl groups is 1. The third-order valence-corrected chi connectivity index (χ3v) is 2.93. The van der Waals surface area contributed by atoms with Crippen LogP contribution in [0.3, 0.4) is 0 Å². The average molecular weight is 281 g/mol. The Morgan fingerprint density at radius 1 is 1.45 bits per heavy atom. The number of aliphatic hydroxyl groups excluding tert-OH is 1. The minimum atomic E-state index is -0.136. The Morgan fingerprint density at radius 3 is 2.85 bits per heavy atom. The number of nitrogens with two attached hydrogens (primary N) is 1. The van der Waals surface area contributed by atoms with Crippen molar-refractivity contribution >= 4 is 17.3 Å². The van der Waals surface area contributed by atoms with E-state index in [2.05, 4.69) is 5.32 Å². The molecule has 0 heterocycles. The van der Waals surface area contributed by atoms with E-state index in [0.717, 1.165) is 5.56 Å². The van der Waals surface area contributed by atoms with Gasteiger partial charge in [0.05, 0.1) is 19.8 Å². The predicted molar refractivity (Wildman–Crippen MR) is 79.6 cm³/mol. The van der Waals surface area contributed by atoms with E-state index < -0.39 is 0 Å². The van der Waals surface area contributed by atoms with Gasteiger partial charge in [-0.3, -0.25) is 9.69 Å². The zero-order valence-corrected chi connectivity index (χ0v) is 12.1. The van der Waals surface area contributed by atoms with E-state index in [0.29, 0.717) is 31.1 Å². The number of hydrogen-bond donors (Lipinski definition) is 3. The highest BCUT2D eigenvalue weighted by atomic mass is 16.5. The lowest BCUT2D eigenvalue weighted by Crippen LogP contribution is -2.37. The minimum Gasteiger partial charge on any atom is -0.399 e. The van der Waals surface area contributed by atoms with Crippen molar-refractivity contribution in [3.8, 4) is 0 Å². The van der Waals surface area contributed by atoms with Gasteiger partial charge in [-0.05, 0) is 24.6 Å². The summed E-state index contributed by atoms with van der Waals surface area (Å²) < 4.78 is 4.98. The maximum absolute atomic E-state index is 12.0. The lowest BCUT2D eigenvalue weighted by atomic mass is 10.2. The van der Waals surface area contributed by atoms with Crippen molar-refractivity contribution in [3.63, 3.8) is 0 Å². The van der Waals surface area contributed by atoms with E-state index in [-0.39, 0.29) is 19.1 Å². The van der Waals surface area contributed by atoms with Crippen LogP contribution in [0.1, 0.15) is 5.56 Å². The molecule has 1 rings (SSSR count). The van der Waals surface area contributed by atoms with Crippen molar-refractivity contribution in [1.82, 2.24) is 4.90 Å². The molecule has 1 amide bonds. The van der Waals surface area contributed by atoms with Crippen LogP contribution in [-0.2, 0) is 9.53 Å². The summed E-state index contributed by atoms with van der Waals surface area (Å²) in [4.78, 5) is 13.8. The molecular weight excluding hydrogens is 258 g/mol. The maximum atomic E-state index is 12.0. The molecule has 0 aliphatic carbocycles. The molecule has 4 N–H and O–H groups in total. The van der Waals surface area contributed by atoms with Crippen molar-refractivity contribution < 1.29 is 14.6 Å². The van der Waals surface area contributed by atoms with Gasteiger partial charge in [0.1, 0.15) is 0 Å². The molecule has 6 nitrogen and oxygen atoms in total. The fourth-order valence-corrected chi connectivity index (χ4v) is 1.80. The van der Waals surface area contributed by atoms with Crippen LogP contribution in [0.25, 0.3) is 0 Å². The third-order valence-electron chi connectivity index (χ3n) is 2.93. The zero-order chi connectivity index (χ0) is 15.0. The van der Waals surface area contributed by atoms with Crippen LogP contribution in [0, 0.1) is 6.92 Å². The fraction of sp³-hybridized carbons (Fsp3) is 0.500. The number of nitrogens with one attached hydrogen (secondary N) is 1. The molecule has 0 spiro atoms. The number of carbonyl (C=O) groups excluding carboxylic acids is 1. The van der Waals surface area contributed by atoms with Gasteiger partial charge in [-0.25, -0.2) is 0 Å². The molecule has 1 aromatic rings. The highest BCUT2D eigenvalue weighted by molar-refractivity contribution is 5.93. The van der Waals surface area contributed by atoms with Crippen molar-refractivity contribution in [2.24, 2.45) is 0 Å². The van der Waals surface area contributed by atoms with Gasteiger partial charge in [0.15, 0.2) is 0 Å². The molecule has 0 bridgehead atoms. The first kappa shape index (κ1) is 16.4. The van der Waals surface area contributed by atoms with Crippen LogP contribution in [0.2, 0.25) is 0 Å². The van der Waals surface area contributed by atoms with Crippen molar-refractivity contribution in [1.29, 1.82) is 0 Å². The largest absolute Gasteiger partial charge is 0.399 e. The number of rotatable bonds is 8. The average Bonchev–Trinajstić information content (AvgIpc) is 2.40. The summed E-state index contributed by atoms with van der Waals surface area (Å²) in [5.74, 6) is -0.136. The van der Waals surface area contributed by atoms with Crippen LogP contribution in [-0.4, -0.2) is 55.9 Å². The van der Waals surface area contributed by atoms with Gasteiger partial charge in [0.2, 0.25) is 5.91 Å². The summed E-state index contributed by atoms with van der Waals surface area (Å²) in [7, 11) is 1.60. The van der Waals surface area contributed by atoms with Gasteiger partial charge in [0, 0.05) is 31.6 Å². The predicted octanol–water partition coefficient (Wildman–Crippen LogP) is 0.456. The molecule has 1 aromatic carbocycles. The smallest absolute Gasteiger partial charge is 0.238 e. The second-order valence-corrected chi connectivity index (χ2v) is 4.62. The van der Waals surface area contributed by atoms with E-state index >= 15 is 0 Å². The Bertz CT molecular complexity index is 438. The van der Waals surface area contributed by atoms with Crippen LogP contribution < -0.4 is 11.1 Å². The molecule has 0 fully saturated rings. The number of nitrogens with zero attached hydrogens (tertiary/aromatic N) is 1. The fourth-order valence-electron chi connectivity index (χ4n) is 1.80. The molecule has 0 saturated carbocycles. The quantitative estimate of drug-likeness (QED) is 0.602. The van der Waals surface area contributed by atoms with Crippen molar-refractivity contribution in [3.05, 3.63) is 23.8 Å². The number of methoxy groups -OCH3 is 1. The Balaban J connectivity index is 2.58. The highest BCUT2D eigenvalue weighted by Crippen LogP contribution is 2.17. The number of aryl methyl sites for hydroxylation is 1. The number of ether oxygens (including phenoxy) is 1. The zero-order valence-electron chi connectivity index (χ0n) is 12.1. The Labute approximate surface area is 119 Å². The Kier molecular flexibility index (Phi) is 7.00. The lowest BCUT2D eigenvalue weighted by Gasteiger charge is -2.20. The van der Waals surface area contributed by atoms with Crippen LogP contribution in [0.4, 0.5) is 11.4 Å². The number of hydrogen-bond acceptors (Lipinski definition) is 5. The second-order valence-electron chi connectivity index (χ2n) is 4.62. The van der Waals surface area contributed by atoms with Gasteiger partial charge in [-0.1, -0.05) is 6.07 Å². The first-order valence-corrected chi connectivity index (χ1v) is 6.55. The van der Waals surface area contributed by atoms with E-state index in [4.69, 9.17) is 15.6 Å². The molecule has 0 radical (unpaired) electrons. The first-order valence-electron chi connectivity index (χ1n) is 6.55. The second kappa shape index (κ2) is 8.52. The summed E-state index contributed by atoms with van der Waals surface area (Å²) in [6.45, 7) is 3.68. The Morgan fingerprint density at radius 2 is 2.20 bits per heavy atom. The summed E-state index contributed by atoms with van der Waals surface area (Å²) in [6, 6.07) is 5.39. The molecule has 20 heavy (non-hydrogen) atoms. The molecule has 6 heteroatoms. The lowest BCUT2D eigenvalue weighted by molar-refractivity contribution is -0.117. The number of nitrogen functional groups attached to an aromatic ring is 1. The van der Waals surface area contributed by atoms with Crippen molar-refractivity contribution in [2.75, 3.05) is 51.0 Å². The minimum absolute atomic E-state index is 0.00824. The molecule has 0 aliphatic heterocycles. The number of amides is 1. The maximum Gasteiger partial charge on any atom is 0.238 e. The summed E-state index contributed by atoms with van der Waals surface area (Å²) in [6.07, 6.45) is 0. The van der Waals surface area contributed by atoms with E-state index in [1.807, 2.05) is 17.9 Å². The number of benzene rings is 1. The number of anilines is 2. The monoisotopic (exact) mass is 281 g/mol. The van der Waals surface area contributed by atoms with Gasteiger partial charge in [-0.2, -0.15) is 0 Å². The first-order chi connectivity index (χ1) is 9.56. The van der Waals surface area contributed by atoms with Crippen LogP contribution in [0.5, 0.6) is 0 Å². The standard InChI is InChI=1S/C14H23N3O3/c1-11-3-4-12(15)9-13(11)16-14(19)10-17(5-7-18)6-8-20-2/h3-4,9,18H,5-8,10,15H2,1-2H3,(H,16,19). The normalized spacial score (nSPS) is 10.8. The third kappa shape index (κ3) is 5.56. The highest BCUT2D eigenvalue weighted by Gasteiger charge is 2.11. The topological polar surface area (TPSA) is 87.8 Å². The summed E-state index contributed by atoms with van der Waals surface area (Å²) in [5.41, 5.74) is 7.99. The van der Waals surface area contributed by atoms with E-state index in [1.54, 1.807) is 19.2 Å². The van der Waals surface area contributed by atoms with Crippen LogP contribution >= 0.6 is 0 Å². The van der Waals surface area contributed by atoms with Gasteiger partial charge in [-0.15, -0.1) is 0 Å². The van der Waals surface area contributed by atoms with E-state index in [9.17, 15) is 4.79 Å². The van der Waals surface area contributed by atoms with Gasteiger partial charge >= 0.3 is 0 Å². The molecule has 0 aliphatic rings. The van der Waals surface area contributed by atoms with Crippen molar-refractivity contribution in [2.45, 2.75) is 6.92 Å². The van der Waals surface area contributed by atoms with Gasteiger partial charge in [0.25, 0.3) is 0 Å². The molecule has 0 saturated heterocycles. The van der Waals surface area contributed by atoms with E-state index in [1.165, 1.54) is 0 Å². The summed E-state index contributed by atoms with van der Waals surface area (Å²) in [5, 5.41) is 11.8. The molecular formula is C14H23N3O3. The number of carbonyl (C=O) groups is 1. The van der Waals surface area contributed by atoms with Gasteiger partial charge < -0.3 is 20.9 Å². The SMILES string of the molecule is COCCN(CCO)CC(=O)Nc1cc(N)ccc1C. The molecule has 0 atom stereocenters. The summed E-state index contributed by atoms with van der Waals surface area (Å²) >= 11 is 0.